The molecule has 0 bridgehead atoms. The van der Waals surface area contributed by atoms with Gasteiger partial charge >= 0.3 is 6.09 Å². The van der Waals surface area contributed by atoms with Gasteiger partial charge in [0.05, 0.1) is 12.1 Å². The molecule has 0 spiro atoms. The van der Waals surface area contributed by atoms with Gasteiger partial charge in [0.1, 0.15) is 5.60 Å². The van der Waals surface area contributed by atoms with E-state index >= 15 is 0 Å². The van der Waals surface area contributed by atoms with Crippen molar-refractivity contribution in [1.82, 2.24) is 5.32 Å². The Labute approximate surface area is 166 Å². The highest BCUT2D eigenvalue weighted by Crippen LogP contribution is 2.30. The van der Waals surface area contributed by atoms with Gasteiger partial charge in [-0.25, -0.2) is 4.79 Å². The Morgan fingerprint density at radius 2 is 1.56 bits per heavy atom. The molecule has 0 aromatic heterocycles. The summed E-state index contributed by atoms with van der Waals surface area (Å²) in [6, 6.07) is -0.186. The molecule has 4 heteroatoms. The summed E-state index contributed by atoms with van der Waals surface area (Å²) in [5, 5.41) is 13.8. The van der Waals surface area contributed by atoms with E-state index in [1.165, 1.54) is 70.6 Å². The lowest BCUT2D eigenvalue weighted by Gasteiger charge is -2.31. The second-order valence-corrected chi connectivity index (χ2v) is 9.99. The fourth-order valence-electron chi connectivity index (χ4n) is 4.85. The summed E-state index contributed by atoms with van der Waals surface area (Å²) in [6.07, 6.45) is 16.3. The van der Waals surface area contributed by atoms with Crippen molar-refractivity contribution in [3.8, 4) is 0 Å². The molecule has 2 rings (SSSR count). The zero-order chi connectivity index (χ0) is 19.7. The number of aliphatic hydroxyl groups is 1. The van der Waals surface area contributed by atoms with Gasteiger partial charge in [0.25, 0.3) is 0 Å². The van der Waals surface area contributed by atoms with E-state index in [-0.39, 0.29) is 6.04 Å². The SMILES string of the molecule is CC(C)(C)OC(=O)NC(CC1CCCCC1)C(O)CCCC1CCCCC1. The third kappa shape index (κ3) is 9.32. The first-order valence-corrected chi connectivity index (χ1v) is 11.5. The third-order valence-corrected chi connectivity index (χ3v) is 6.32. The summed E-state index contributed by atoms with van der Waals surface area (Å²) in [5.74, 6) is 1.47. The van der Waals surface area contributed by atoms with Crippen molar-refractivity contribution in [3.63, 3.8) is 0 Å². The van der Waals surface area contributed by atoms with Gasteiger partial charge in [0.2, 0.25) is 0 Å². The van der Waals surface area contributed by atoms with E-state index in [2.05, 4.69) is 5.32 Å². The third-order valence-electron chi connectivity index (χ3n) is 6.32. The standard InChI is InChI=1S/C23H43NO3/c1-23(2,3)27-22(26)24-20(17-19-13-8-5-9-14-19)21(25)16-10-15-18-11-6-4-7-12-18/h18-21,25H,4-17H2,1-3H3,(H,24,26). The lowest BCUT2D eigenvalue weighted by atomic mass is 9.82. The molecule has 2 fully saturated rings. The predicted octanol–water partition coefficient (Wildman–Crippen LogP) is 5.96. The van der Waals surface area contributed by atoms with Crippen LogP contribution in [-0.2, 0) is 4.74 Å². The Kier molecular flexibility index (Phi) is 9.41. The quantitative estimate of drug-likeness (QED) is 0.545. The molecule has 0 aromatic carbocycles. The second kappa shape index (κ2) is 11.3. The molecule has 2 N–H and O–H groups in total. The first kappa shape index (κ1) is 22.5. The fraction of sp³-hybridized carbons (Fsp3) is 0.957. The fourth-order valence-corrected chi connectivity index (χ4v) is 4.85. The number of alkyl carbamates (subject to hydrolysis) is 1. The van der Waals surface area contributed by atoms with Crippen LogP contribution in [0.3, 0.4) is 0 Å². The summed E-state index contributed by atoms with van der Waals surface area (Å²) in [5.41, 5.74) is -0.509. The van der Waals surface area contributed by atoms with Crippen LogP contribution < -0.4 is 5.32 Å². The minimum atomic E-state index is -0.509. The molecule has 27 heavy (non-hydrogen) atoms. The molecule has 0 saturated heterocycles. The number of hydrogen-bond donors (Lipinski definition) is 2. The van der Waals surface area contributed by atoms with E-state index in [1.54, 1.807) is 0 Å². The van der Waals surface area contributed by atoms with Crippen molar-refractivity contribution in [2.45, 2.75) is 128 Å². The molecular formula is C23H43NO3. The predicted molar refractivity (Wildman–Crippen MR) is 111 cm³/mol. The van der Waals surface area contributed by atoms with Gasteiger partial charge in [0, 0.05) is 0 Å². The van der Waals surface area contributed by atoms with Crippen LogP contribution >= 0.6 is 0 Å². The molecule has 2 saturated carbocycles. The topological polar surface area (TPSA) is 58.6 Å². The van der Waals surface area contributed by atoms with Crippen molar-refractivity contribution in [2.75, 3.05) is 0 Å². The number of hydrogen-bond acceptors (Lipinski definition) is 3. The van der Waals surface area contributed by atoms with Gasteiger partial charge in [-0.2, -0.15) is 0 Å². The van der Waals surface area contributed by atoms with Gasteiger partial charge in [-0.05, 0) is 45.4 Å². The number of carbonyl (C=O) groups is 1. The van der Waals surface area contributed by atoms with E-state index in [1.807, 2.05) is 20.8 Å². The zero-order valence-electron chi connectivity index (χ0n) is 18.0. The maximum Gasteiger partial charge on any atom is 0.407 e. The Morgan fingerprint density at radius 1 is 1.00 bits per heavy atom. The Balaban J connectivity index is 1.83. The molecule has 2 unspecified atom stereocenters. The maximum absolute atomic E-state index is 12.3. The normalized spacial score (nSPS) is 22.2. The smallest absolute Gasteiger partial charge is 0.407 e. The number of aliphatic hydroxyl groups excluding tert-OH is 1. The highest BCUT2D eigenvalue weighted by atomic mass is 16.6. The molecule has 2 atom stereocenters. The number of amides is 1. The summed E-state index contributed by atoms with van der Waals surface area (Å²) in [6.45, 7) is 5.63. The number of ether oxygens (including phenoxy) is 1. The Hall–Kier alpha value is -0.770. The highest BCUT2D eigenvalue weighted by molar-refractivity contribution is 5.68. The van der Waals surface area contributed by atoms with E-state index < -0.39 is 17.8 Å². The summed E-state index contributed by atoms with van der Waals surface area (Å²) in [7, 11) is 0. The molecule has 4 nitrogen and oxygen atoms in total. The van der Waals surface area contributed by atoms with Crippen LogP contribution in [0.5, 0.6) is 0 Å². The van der Waals surface area contributed by atoms with Crippen molar-refractivity contribution in [3.05, 3.63) is 0 Å². The van der Waals surface area contributed by atoms with Gasteiger partial charge in [-0.3, -0.25) is 0 Å². The molecule has 1 amide bonds. The van der Waals surface area contributed by atoms with Crippen LogP contribution in [0.25, 0.3) is 0 Å². The summed E-state index contributed by atoms with van der Waals surface area (Å²) < 4.78 is 5.45. The maximum atomic E-state index is 12.3. The molecule has 158 valence electrons. The highest BCUT2D eigenvalue weighted by Gasteiger charge is 2.28. The van der Waals surface area contributed by atoms with Crippen LogP contribution in [0.15, 0.2) is 0 Å². The number of carbonyl (C=O) groups excluding carboxylic acids is 1. The summed E-state index contributed by atoms with van der Waals surface area (Å²) >= 11 is 0. The van der Waals surface area contributed by atoms with Gasteiger partial charge < -0.3 is 15.2 Å². The van der Waals surface area contributed by atoms with Crippen molar-refractivity contribution >= 4 is 6.09 Å². The largest absolute Gasteiger partial charge is 0.444 e. The Morgan fingerprint density at radius 3 is 2.11 bits per heavy atom. The number of rotatable bonds is 8. The molecule has 2 aliphatic carbocycles. The molecule has 2 aliphatic rings. The minimum Gasteiger partial charge on any atom is -0.444 e. The van der Waals surface area contributed by atoms with Crippen molar-refractivity contribution < 1.29 is 14.6 Å². The molecule has 0 radical (unpaired) electrons. The second-order valence-electron chi connectivity index (χ2n) is 9.99. The van der Waals surface area contributed by atoms with Gasteiger partial charge in [-0.1, -0.05) is 77.0 Å². The van der Waals surface area contributed by atoms with Crippen molar-refractivity contribution in [2.24, 2.45) is 11.8 Å². The van der Waals surface area contributed by atoms with Crippen LogP contribution in [0.4, 0.5) is 4.79 Å². The van der Waals surface area contributed by atoms with Crippen LogP contribution in [-0.4, -0.2) is 28.9 Å². The Bertz CT molecular complexity index is 420. The minimum absolute atomic E-state index is 0.186. The van der Waals surface area contributed by atoms with E-state index in [0.717, 1.165) is 25.2 Å². The van der Waals surface area contributed by atoms with Gasteiger partial charge in [0.15, 0.2) is 0 Å². The van der Waals surface area contributed by atoms with Crippen LogP contribution in [0, 0.1) is 11.8 Å². The van der Waals surface area contributed by atoms with Crippen molar-refractivity contribution in [1.29, 1.82) is 0 Å². The lowest BCUT2D eigenvalue weighted by Crippen LogP contribution is -2.46. The van der Waals surface area contributed by atoms with E-state index in [9.17, 15) is 9.90 Å². The van der Waals surface area contributed by atoms with Gasteiger partial charge in [-0.15, -0.1) is 0 Å². The molecule has 0 aromatic rings. The molecule has 0 heterocycles. The first-order valence-electron chi connectivity index (χ1n) is 11.5. The lowest BCUT2D eigenvalue weighted by molar-refractivity contribution is 0.0374. The average Bonchev–Trinajstić information content (AvgIpc) is 2.61. The zero-order valence-corrected chi connectivity index (χ0v) is 18.0. The summed E-state index contributed by atoms with van der Waals surface area (Å²) in [4.78, 5) is 12.3. The number of nitrogens with one attached hydrogen (secondary N) is 1. The molecule has 0 aliphatic heterocycles. The molecular weight excluding hydrogens is 338 g/mol. The van der Waals surface area contributed by atoms with E-state index in [4.69, 9.17) is 4.74 Å². The van der Waals surface area contributed by atoms with Crippen LogP contribution in [0.1, 0.15) is 111 Å². The van der Waals surface area contributed by atoms with E-state index in [0.29, 0.717) is 5.92 Å². The van der Waals surface area contributed by atoms with Crippen LogP contribution in [0.2, 0.25) is 0 Å². The first-order chi connectivity index (χ1) is 12.8. The monoisotopic (exact) mass is 381 g/mol. The average molecular weight is 382 g/mol.